The van der Waals surface area contributed by atoms with Gasteiger partial charge in [-0.25, -0.2) is 0 Å². The molecule has 0 saturated heterocycles. The lowest BCUT2D eigenvalue weighted by molar-refractivity contribution is 0.402. The molecule has 1 aromatic rings. The molecule has 1 aromatic heterocycles. The van der Waals surface area contributed by atoms with Gasteiger partial charge in [0.25, 0.3) is 0 Å². The van der Waals surface area contributed by atoms with E-state index >= 15 is 0 Å². The standard InChI is InChI=1S/C8H12ClNOS/c1-6(5-9)3-7-4-8(11-2)10-12-7/h4,6H,3,5H2,1-2H3. The lowest BCUT2D eigenvalue weighted by atomic mass is 10.1. The van der Waals surface area contributed by atoms with Gasteiger partial charge >= 0.3 is 0 Å². The Morgan fingerprint density at radius 2 is 2.50 bits per heavy atom. The molecule has 4 heteroatoms. The fourth-order valence-electron chi connectivity index (χ4n) is 0.884. The summed E-state index contributed by atoms with van der Waals surface area (Å²) in [6.07, 6.45) is 0.991. The molecule has 0 spiro atoms. The highest BCUT2D eigenvalue weighted by Gasteiger charge is 2.06. The minimum atomic E-state index is 0.511. The van der Waals surface area contributed by atoms with E-state index in [4.69, 9.17) is 16.3 Å². The molecule has 1 rings (SSSR count). The zero-order valence-electron chi connectivity index (χ0n) is 7.21. The summed E-state index contributed by atoms with van der Waals surface area (Å²) in [7, 11) is 1.63. The van der Waals surface area contributed by atoms with Crippen LogP contribution in [0.15, 0.2) is 6.07 Å². The summed E-state index contributed by atoms with van der Waals surface area (Å²) in [6, 6.07) is 1.97. The van der Waals surface area contributed by atoms with E-state index in [0.29, 0.717) is 17.7 Å². The maximum atomic E-state index is 5.70. The predicted molar refractivity (Wildman–Crippen MR) is 52.3 cm³/mol. The first-order valence-electron chi connectivity index (χ1n) is 3.81. The van der Waals surface area contributed by atoms with Crippen molar-refractivity contribution in [3.63, 3.8) is 0 Å². The summed E-state index contributed by atoms with van der Waals surface area (Å²) < 4.78 is 9.07. The molecular formula is C8H12ClNOS. The molecule has 2 nitrogen and oxygen atoms in total. The maximum Gasteiger partial charge on any atom is 0.225 e. The average molecular weight is 206 g/mol. The van der Waals surface area contributed by atoms with E-state index < -0.39 is 0 Å². The van der Waals surface area contributed by atoms with Crippen molar-refractivity contribution >= 4 is 23.1 Å². The molecule has 0 aliphatic heterocycles. The Bertz CT molecular complexity index is 239. The van der Waals surface area contributed by atoms with Gasteiger partial charge < -0.3 is 4.74 Å². The number of hydrogen-bond donors (Lipinski definition) is 0. The Labute approximate surface area is 81.7 Å². The molecule has 0 aliphatic carbocycles. The number of ether oxygens (including phenoxy) is 1. The Morgan fingerprint density at radius 1 is 1.75 bits per heavy atom. The molecule has 1 atom stereocenters. The van der Waals surface area contributed by atoms with E-state index in [1.807, 2.05) is 6.07 Å². The highest BCUT2D eigenvalue weighted by atomic mass is 35.5. The predicted octanol–water partition coefficient (Wildman–Crippen LogP) is 2.57. The van der Waals surface area contributed by atoms with Crippen LogP contribution in [0.2, 0.25) is 0 Å². The van der Waals surface area contributed by atoms with Gasteiger partial charge in [0.2, 0.25) is 5.88 Å². The fraction of sp³-hybridized carbons (Fsp3) is 0.625. The highest BCUT2D eigenvalue weighted by molar-refractivity contribution is 7.05. The van der Waals surface area contributed by atoms with Crippen LogP contribution in [-0.4, -0.2) is 17.4 Å². The SMILES string of the molecule is COc1cc(CC(C)CCl)sn1. The van der Waals surface area contributed by atoms with Crippen LogP contribution >= 0.6 is 23.1 Å². The van der Waals surface area contributed by atoms with Crippen molar-refractivity contribution in [2.24, 2.45) is 5.92 Å². The van der Waals surface area contributed by atoms with Crippen LogP contribution in [0.3, 0.4) is 0 Å². The van der Waals surface area contributed by atoms with Gasteiger partial charge in [-0.2, -0.15) is 4.37 Å². The third-order valence-electron chi connectivity index (χ3n) is 1.56. The van der Waals surface area contributed by atoms with Crippen molar-refractivity contribution in [1.82, 2.24) is 4.37 Å². The van der Waals surface area contributed by atoms with E-state index in [-0.39, 0.29) is 0 Å². The molecule has 0 bridgehead atoms. The second kappa shape index (κ2) is 4.67. The Morgan fingerprint density at radius 3 is 3.00 bits per heavy atom. The van der Waals surface area contributed by atoms with E-state index in [1.165, 1.54) is 16.4 Å². The molecule has 0 aliphatic rings. The average Bonchev–Trinajstić information content (AvgIpc) is 2.52. The van der Waals surface area contributed by atoms with Crippen molar-refractivity contribution < 1.29 is 4.74 Å². The largest absolute Gasteiger partial charge is 0.480 e. The summed E-state index contributed by atoms with van der Waals surface area (Å²) in [5, 5.41) is 0. The number of rotatable bonds is 4. The van der Waals surface area contributed by atoms with Gasteiger partial charge in [0.15, 0.2) is 0 Å². The van der Waals surface area contributed by atoms with E-state index in [0.717, 1.165) is 6.42 Å². The molecule has 1 unspecified atom stereocenters. The first-order valence-corrected chi connectivity index (χ1v) is 5.12. The molecular weight excluding hydrogens is 194 g/mol. The van der Waals surface area contributed by atoms with Crippen LogP contribution in [0.1, 0.15) is 11.8 Å². The van der Waals surface area contributed by atoms with Crippen molar-refractivity contribution in [3.05, 3.63) is 10.9 Å². The third kappa shape index (κ3) is 2.64. The summed E-state index contributed by atoms with van der Waals surface area (Å²) in [5.74, 6) is 1.91. The second-order valence-corrected chi connectivity index (χ2v) is 4.00. The molecule has 0 radical (unpaired) electrons. The van der Waals surface area contributed by atoms with E-state index in [9.17, 15) is 0 Å². The summed E-state index contributed by atoms with van der Waals surface area (Å²) in [6.45, 7) is 2.12. The molecule has 0 amide bonds. The van der Waals surface area contributed by atoms with Gasteiger partial charge in [0, 0.05) is 16.8 Å². The first-order chi connectivity index (χ1) is 5.76. The molecule has 68 valence electrons. The number of aromatic nitrogens is 1. The van der Waals surface area contributed by atoms with E-state index in [1.54, 1.807) is 7.11 Å². The first kappa shape index (κ1) is 9.81. The van der Waals surface area contributed by atoms with E-state index in [2.05, 4.69) is 11.3 Å². The van der Waals surface area contributed by atoms with Crippen LogP contribution in [0, 0.1) is 5.92 Å². The summed E-state index contributed by atoms with van der Waals surface area (Å²) in [5.41, 5.74) is 0. The molecule has 12 heavy (non-hydrogen) atoms. The van der Waals surface area contributed by atoms with Crippen LogP contribution in [-0.2, 0) is 6.42 Å². The number of nitrogens with zero attached hydrogens (tertiary/aromatic N) is 1. The van der Waals surface area contributed by atoms with Gasteiger partial charge in [-0.15, -0.1) is 11.6 Å². The van der Waals surface area contributed by atoms with Gasteiger partial charge in [-0.1, -0.05) is 6.92 Å². The Balaban J connectivity index is 2.52. The quantitative estimate of drug-likeness (QED) is 0.705. The van der Waals surface area contributed by atoms with Crippen molar-refractivity contribution in [3.8, 4) is 5.88 Å². The zero-order valence-corrected chi connectivity index (χ0v) is 8.78. The lowest BCUT2D eigenvalue weighted by Crippen LogP contribution is -1.98. The maximum absolute atomic E-state index is 5.70. The van der Waals surface area contributed by atoms with Gasteiger partial charge in [-0.05, 0) is 23.9 Å². The molecule has 0 saturated carbocycles. The monoisotopic (exact) mass is 205 g/mol. The van der Waals surface area contributed by atoms with Crippen molar-refractivity contribution in [2.45, 2.75) is 13.3 Å². The molecule has 0 N–H and O–H groups in total. The van der Waals surface area contributed by atoms with Crippen LogP contribution in [0.4, 0.5) is 0 Å². The minimum Gasteiger partial charge on any atom is -0.480 e. The lowest BCUT2D eigenvalue weighted by Gasteiger charge is -2.02. The zero-order chi connectivity index (χ0) is 8.97. The number of hydrogen-bond acceptors (Lipinski definition) is 3. The van der Waals surface area contributed by atoms with Gasteiger partial charge in [-0.3, -0.25) is 0 Å². The Hall–Kier alpha value is -0.280. The number of halogens is 1. The Kier molecular flexibility index (Phi) is 3.82. The normalized spacial score (nSPS) is 12.9. The topological polar surface area (TPSA) is 22.1 Å². The number of methoxy groups -OCH3 is 1. The van der Waals surface area contributed by atoms with Gasteiger partial charge in [0.1, 0.15) is 0 Å². The fourth-order valence-corrected chi connectivity index (χ4v) is 1.84. The summed E-state index contributed by atoms with van der Waals surface area (Å²) in [4.78, 5) is 1.24. The van der Waals surface area contributed by atoms with Crippen LogP contribution in [0.5, 0.6) is 5.88 Å². The van der Waals surface area contributed by atoms with Crippen molar-refractivity contribution in [2.75, 3.05) is 13.0 Å². The third-order valence-corrected chi connectivity index (χ3v) is 2.88. The number of alkyl halides is 1. The summed E-state index contributed by atoms with van der Waals surface area (Å²) >= 11 is 7.18. The minimum absolute atomic E-state index is 0.511. The van der Waals surface area contributed by atoms with Crippen molar-refractivity contribution in [1.29, 1.82) is 0 Å². The molecule has 0 fully saturated rings. The van der Waals surface area contributed by atoms with Crippen LogP contribution < -0.4 is 4.74 Å². The smallest absolute Gasteiger partial charge is 0.225 e. The molecule has 0 aromatic carbocycles. The van der Waals surface area contributed by atoms with Crippen LogP contribution in [0.25, 0.3) is 0 Å². The van der Waals surface area contributed by atoms with Gasteiger partial charge in [0.05, 0.1) is 7.11 Å². The second-order valence-electron chi connectivity index (χ2n) is 2.80. The molecule has 1 heterocycles. The highest BCUT2D eigenvalue weighted by Crippen LogP contribution is 2.19.